The second-order valence-electron chi connectivity index (χ2n) is 6.46. The predicted octanol–water partition coefficient (Wildman–Crippen LogP) is 3.31. The highest BCUT2D eigenvalue weighted by atomic mass is 16.3. The smallest absolute Gasteiger partial charge is 0.0802 e. The Balaban J connectivity index is 1.81. The van der Waals surface area contributed by atoms with Gasteiger partial charge in [-0.1, -0.05) is 36.2 Å². The van der Waals surface area contributed by atoms with Crippen LogP contribution in [0.4, 0.5) is 0 Å². The van der Waals surface area contributed by atoms with Crippen LogP contribution in [0.15, 0.2) is 18.2 Å². The summed E-state index contributed by atoms with van der Waals surface area (Å²) in [5.74, 6) is 1.80. The monoisotopic (exact) mass is 261 g/mol. The highest BCUT2D eigenvalue weighted by Crippen LogP contribution is 2.38. The summed E-state index contributed by atoms with van der Waals surface area (Å²) in [6.07, 6.45) is 1.86. The number of aryl methyl sites for hydroxylation is 2. The molecule has 0 aliphatic heterocycles. The van der Waals surface area contributed by atoms with E-state index < -0.39 is 0 Å². The lowest BCUT2D eigenvalue weighted by molar-refractivity contribution is 0.147. The summed E-state index contributed by atoms with van der Waals surface area (Å²) in [7, 11) is 2.17. The Hall–Kier alpha value is -0.860. The van der Waals surface area contributed by atoms with Gasteiger partial charge in [0.25, 0.3) is 0 Å². The van der Waals surface area contributed by atoms with Crippen LogP contribution in [0.25, 0.3) is 0 Å². The fourth-order valence-corrected chi connectivity index (χ4v) is 2.86. The Morgan fingerprint density at radius 2 is 1.84 bits per heavy atom. The van der Waals surface area contributed by atoms with E-state index in [0.29, 0.717) is 0 Å². The molecule has 106 valence electrons. The fraction of sp³-hybridized carbons (Fsp3) is 0.647. The number of aliphatic hydroxyl groups is 1. The molecule has 1 aromatic carbocycles. The maximum absolute atomic E-state index is 10.3. The van der Waals surface area contributed by atoms with Gasteiger partial charge in [0.2, 0.25) is 0 Å². The first-order chi connectivity index (χ1) is 8.95. The molecule has 1 aliphatic rings. The quantitative estimate of drug-likeness (QED) is 0.849. The molecule has 1 aromatic rings. The lowest BCUT2D eigenvalue weighted by atomic mass is 10.0. The fourth-order valence-electron chi connectivity index (χ4n) is 2.86. The van der Waals surface area contributed by atoms with E-state index in [1.54, 1.807) is 0 Å². The largest absolute Gasteiger partial charge is 0.388 e. The van der Waals surface area contributed by atoms with E-state index in [-0.39, 0.29) is 6.10 Å². The maximum Gasteiger partial charge on any atom is 0.0802 e. The van der Waals surface area contributed by atoms with Gasteiger partial charge in [-0.25, -0.2) is 0 Å². The van der Waals surface area contributed by atoms with Gasteiger partial charge in [-0.15, -0.1) is 0 Å². The summed E-state index contributed by atoms with van der Waals surface area (Å²) >= 11 is 0. The van der Waals surface area contributed by atoms with Gasteiger partial charge in [0.15, 0.2) is 0 Å². The zero-order valence-electron chi connectivity index (χ0n) is 12.7. The molecule has 2 rings (SSSR count). The zero-order valence-corrected chi connectivity index (χ0v) is 12.7. The van der Waals surface area contributed by atoms with E-state index in [0.717, 1.165) is 30.4 Å². The molecule has 1 saturated carbocycles. The Kier molecular flexibility index (Phi) is 4.64. The summed E-state index contributed by atoms with van der Waals surface area (Å²) < 4.78 is 0. The number of aliphatic hydroxyl groups excluding tert-OH is 1. The molecule has 0 amide bonds. The summed E-state index contributed by atoms with van der Waals surface area (Å²) in [6.45, 7) is 8.65. The predicted molar refractivity (Wildman–Crippen MR) is 80.3 cm³/mol. The number of nitrogens with zero attached hydrogens (tertiary/aromatic N) is 1. The zero-order chi connectivity index (χ0) is 14.0. The van der Waals surface area contributed by atoms with Crippen molar-refractivity contribution >= 4 is 0 Å². The van der Waals surface area contributed by atoms with Crippen molar-refractivity contribution in [3.8, 4) is 0 Å². The minimum absolute atomic E-state index is 0.335. The van der Waals surface area contributed by atoms with E-state index in [9.17, 15) is 5.11 Å². The van der Waals surface area contributed by atoms with Gasteiger partial charge in [0.05, 0.1) is 6.10 Å². The number of rotatable bonds is 6. The minimum atomic E-state index is -0.335. The van der Waals surface area contributed by atoms with Crippen LogP contribution in [0.5, 0.6) is 0 Å². The van der Waals surface area contributed by atoms with Crippen LogP contribution in [-0.4, -0.2) is 30.1 Å². The first-order valence-corrected chi connectivity index (χ1v) is 7.40. The normalized spacial score (nSPS) is 23.7. The van der Waals surface area contributed by atoms with Crippen molar-refractivity contribution in [2.75, 3.05) is 20.1 Å². The third kappa shape index (κ3) is 4.32. The molecule has 0 spiro atoms. The van der Waals surface area contributed by atoms with Crippen LogP contribution in [-0.2, 0) is 0 Å². The van der Waals surface area contributed by atoms with E-state index in [2.05, 4.69) is 50.9 Å². The molecule has 0 saturated heterocycles. The van der Waals surface area contributed by atoms with Crippen LogP contribution in [0, 0.1) is 25.7 Å². The van der Waals surface area contributed by atoms with Crippen LogP contribution in [0.3, 0.4) is 0 Å². The molecule has 19 heavy (non-hydrogen) atoms. The molecule has 3 atom stereocenters. The van der Waals surface area contributed by atoms with Gasteiger partial charge in [-0.3, -0.25) is 0 Å². The maximum atomic E-state index is 10.3. The van der Waals surface area contributed by atoms with Crippen LogP contribution >= 0.6 is 0 Å². The average molecular weight is 261 g/mol. The molecular formula is C17H27NO. The molecule has 3 unspecified atom stereocenters. The van der Waals surface area contributed by atoms with Gasteiger partial charge < -0.3 is 10.0 Å². The molecule has 2 nitrogen and oxygen atoms in total. The molecule has 1 aliphatic carbocycles. The average Bonchev–Trinajstić information content (AvgIpc) is 3.00. The van der Waals surface area contributed by atoms with Crippen LogP contribution in [0.2, 0.25) is 0 Å². The van der Waals surface area contributed by atoms with E-state index >= 15 is 0 Å². The molecular weight excluding hydrogens is 234 g/mol. The van der Waals surface area contributed by atoms with E-state index in [4.69, 9.17) is 0 Å². The summed E-state index contributed by atoms with van der Waals surface area (Å²) in [5, 5.41) is 10.3. The van der Waals surface area contributed by atoms with Gasteiger partial charge in [0.1, 0.15) is 0 Å². The molecule has 0 radical (unpaired) electrons. The highest BCUT2D eigenvalue weighted by molar-refractivity contribution is 5.29. The van der Waals surface area contributed by atoms with Gasteiger partial charge in [-0.05, 0) is 51.1 Å². The topological polar surface area (TPSA) is 23.5 Å². The second kappa shape index (κ2) is 6.06. The van der Waals surface area contributed by atoms with Crippen molar-refractivity contribution in [2.24, 2.45) is 11.8 Å². The summed E-state index contributed by atoms with van der Waals surface area (Å²) in [4.78, 5) is 2.36. The van der Waals surface area contributed by atoms with Crippen LogP contribution < -0.4 is 0 Å². The Morgan fingerprint density at radius 1 is 1.26 bits per heavy atom. The lowest BCUT2D eigenvalue weighted by Gasteiger charge is -2.19. The minimum Gasteiger partial charge on any atom is -0.388 e. The summed E-state index contributed by atoms with van der Waals surface area (Å²) in [5.41, 5.74) is 3.52. The summed E-state index contributed by atoms with van der Waals surface area (Å²) in [6, 6.07) is 6.35. The molecule has 1 N–H and O–H groups in total. The van der Waals surface area contributed by atoms with Crippen LogP contribution in [0.1, 0.15) is 42.6 Å². The first kappa shape index (κ1) is 14.5. The SMILES string of the molecule is Cc1cc(C)cc(C(O)CCN(C)CC2CC2C)c1. The van der Waals surface area contributed by atoms with Gasteiger partial charge in [-0.2, -0.15) is 0 Å². The molecule has 1 fully saturated rings. The number of benzene rings is 1. The number of hydrogen-bond acceptors (Lipinski definition) is 2. The molecule has 2 heteroatoms. The first-order valence-electron chi connectivity index (χ1n) is 7.40. The van der Waals surface area contributed by atoms with Crippen molar-refractivity contribution < 1.29 is 5.11 Å². The molecule has 0 heterocycles. The second-order valence-corrected chi connectivity index (χ2v) is 6.46. The van der Waals surface area contributed by atoms with Crippen molar-refractivity contribution in [3.63, 3.8) is 0 Å². The molecule has 0 bridgehead atoms. The van der Waals surface area contributed by atoms with Crippen molar-refractivity contribution in [1.82, 2.24) is 4.90 Å². The third-order valence-electron chi connectivity index (χ3n) is 4.24. The van der Waals surface area contributed by atoms with Crippen molar-refractivity contribution in [1.29, 1.82) is 0 Å². The van der Waals surface area contributed by atoms with Gasteiger partial charge >= 0.3 is 0 Å². The van der Waals surface area contributed by atoms with Crippen molar-refractivity contribution in [2.45, 2.75) is 39.7 Å². The standard InChI is InChI=1S/C17H27NO/c1-12-7-13(2)9-15(8-12)17(19)5-6-18(4)11-16-10-14(16)3/h7-9,14,16-17,19H,5-6,10-11H2,1-4H3. The van der Waals surface area contributed by atoms with Gasteiger partial charge in [0, 0.05) is 13.1 Å². The Labute approximate surface area is 117 Å². The lowest BCUT2D eigenvalue weighted by Crippen LogP contribution is -2.24. The van der Waals surface area contributed by atoms with Crippen molar-refractivity contribution in [3.05, 3.63) is 34.9 Å². The van der Waals surface area contributed by atoms with E-state index in [1.165, 1.54) is 24.1 Å². The Bertz CT molecular complexity index is 409. The van der Waals surface area contributed by atoms with E-state index in [1.807, 2.05) is 0 Å². The third-order valence-corrected chi connectivity index (χ3v) is 4.24. The Morgan fingerprint density at radius 3 is 2.37 bits per heavy atom. The molecule has 0 aromatic heterocycles. The number of hydrogen-bond donors (Lipinski definition) is 1. The highest BCUT2D eigenvalue weighted by Gasteiger charge is 2.32.